The Bertz CT molecular complexity index is 421. The van der Waals surface area contributed by atoms with E-state index in [2.05, 4.69) is 36.2 Å². The Balaban J connectivity index is 1.67. The fourth-order valence-electron chi connectivity index (χ4n) is 3.82. The van der Waals surface area contributed by atoms with Crippen LogP contribution < -0.4 is 5.73 Å². The molecule has 1 aromatic rings. The summed E-state index contributed by atoms with van der Waals surface area (Å²) < 4.78 is 0. The number of rotatable bonds is 4. The number of fused-ring (bicyclic) bond motifs is 1. The van der Waals surface area contributed by atoms with Crippen LogP contribution in [0.15, 0.2) is 24.3 Å². The summed E-state index contributed by atoms with van der Waals surface area (Å²) in [7, 11) is 2.28. The molecule has 2 heteroatoms. The highest BCUT2D eigenvalue weighted by atomic mass is 15.2. The van der Waals surface area contributed by atoms with E-state index in [-0.39, 0.29) is 0 Å². The van der Waals surface area contributed by atoms with Crippen LogP contribution in [0.5, 0.6) is 0 Å². The third-order valence-electron chi connectivity index (χ3n) is 5.18. The summed E-state index contributed by atoms with van der Waals surface area (Å²) in [6.07, 6.45) is 6.52. The van der Waals surface area contributed by atoms with Crippen molar-refractivity contribution in [1.82, 2.24) is 4.90 Å². The quantitative estimate of drug-likeness (QED) is 0.882. The molecule has 1 aromatic carbocycles. The molecule has 0 aromatic heterocycles. The minimum atomic E-state index is 0.296. The largest absolute Gasteiger partial charge is 0.329 e. The molecule has 2 aliphatic carbocycles. The third-order valence-corrected chi connectivity index (χ3v) is 5.18. The topological polar surface area (TPSA) is 29.3 Å². The van der Waals surface area contributed by atoms with Crippen LogP contribution in [0.3, 0.4) is 0 Å². The zero-order valence-corrected chi connectivity index (χ0v) is 11.4. The Hall–Kier alpha value is -0.860. The predicted octanol–water partition coefficient (Wildman–Crippen LogP) is 2.53. The molecule has 2 aliphatic rings. The lowest BCUT2D eigenvalue weighted by Gasteiger charge is -2.42. The summed E-state index contributed by atoms with van der Waals surface area (Å²) in [6.45, 7) is 1.99. The van der Waals surface area contributed by atoms with Gasteiger partial charge in [0.05, 0.1) is 0 Å². The summed E-state index contributed by atoms with van der Waals surface area (Å²) in [4.78, 5) is 2.56. The Morgan fingerprint density at radius 2 is 2.00 bits per heavy atom. The van der Waals surface area contributed by atoms with Gasteiger partial charge in [0.15, 0.2) is 0 Å². The van der Waals surface area contributed by atoms with Crippen LogP contribution in [0.4, 0.5) is 0 Å². The number of hydrogen-bond acceptors (Lipinski definition) is 2. The standard InChI is InChI=1S/C16H24N2/c1-18(16(12-17)8-4-5-9-16)11-14-10-13-6-2-3-7-15(13)14/h2-3,6-7,14H,4-5,8-12,17H2,1H3. The van der Waals surface area contributed by atoms with Gasteiger partial charge in [0, 0.05) is 24.5 Å². The van der Waals surface area contributed by atoms with E-state index in [1.54, 1.807) is 11.1 Å². The lowest BCUT2D eigenvalue weighted by molar-refractivity contribution is 0.120. The van der Waals surface area contributed by atoms with Crippen molar-refractivity contribution in [3.8, 4) is 0 Å². The SMILES string of the molecule is CN(CC1Cc2ccccc21)C1(CN)CCCC1. The van der Waals surface area contributed by atoms with E-state index >= 15 is 0 Å². The summed E-state index contributed by atoms with van der Waals surface area (Å²) in [5, 5.41) is 0. The summed E-state index contributed by atoms with van der Waals surface area (Å²) in [5.41, 5.74) is 9.46. The van der Waals surface area contributed by atoms with E-state index in [0.29, 0.717) is 5.54 Å². The van der Waals surface area contributed by atoms with Crippen LogP contribution in [-0.2, 0) is 6.42 Å². The molecule has 2 nitrogen and oxygen atoms in total. The molecule has 0 spiro atoms. The number of benzene rings is 1. The third kappa shape index (κ3) is 1.88. The van der Waals surface area contributed by atoms with Gasteiger partial charge in [-0.3, -0.25) is 4.90 Å². The van der Waals surface area contributed by atoms with Crippen LogP contribution in [0.2, 0.25) is 0 Å². The molecular weight excluding hydrogens is 220 g/mol. The zero-order chi connectivity index (χ0) is 12.6. The molecule has 1 saturated carbocycles. The summed E-state index contributed by atoms with van der Waals surface area (Å²) >= 11 is 0. The van der Waals surface area contributed by atoms with Crippen LogP contribution in [0.1, 0.15) is 42.7 Å². The smallest absolute Gasteiger partial charge is 0.0328 e. The minimum absolute atomic E-state index is 0.296. The van der Waals surface area contributed by atoms with Gasteiger partial charge < -0.3 is 5.73 Å². The second kappa shape index (κ2) is 4.67. The van der Waals surface area contributed by atoms with Crippen molar-refractivity contribution in [2.45, 2.75) is 43.6 Å². The fraction of sp³-hybridized carbons (Fsp3) is 0.625. The first-order valence-electron chi connectivity index (χ1n) is 7.24. The van der Waals surface area contributed by atoms with Gasteiger partial charge in [-0.15, -0.1) is 0 Å². The molecular formula is C16H24N2. The number of likely N-dealkylation sites (N-methyl/N-ethyl adjacent to an activating group) is 1. The minimum Gasteiger partial charge on any atom is -0.329 e. The van der Waals surface area contributed by atoms with Crippen LogP contribution in [0, 0.1) is 0 Å². The highest BCUT2D eigenvalue weighted by molar-refractivity contribution is 5.40. The summed E-state index contributed by atoms with van der Waals surface area (Å²) in [5.74, 6) is 0.732. The van der Waals surface area contributed by atoms with Crippen LogP contribution >= 0.6 is 0 Å². The maximum absolute atomic E-state index is 6.06. The van der Waals surface area contributed by atoms with E-state index in [1.165, 1.54) is 38.6 Å². The first kappa shape index (κ1) is 12.2. The van der Waals surface area contributed by atoms with E-state index in [4.69, 9.17) is 5.73 Å². The van der Waals surface area contributed by atoms with Crippen molar-refractivity contribution < 1.29 is 0 Å². The molecule has 98 valence electrons. The Morgan fingerprint density at radius 3 is 2.67 bits per heavy atom. The molecule has 1 unspecified atom stereocenters. The normalized spacial score (nSPS) is 24.9. The van der Waals surface area contributed by atoms with Crippen molar-refractivity contribution in [3.05, 3.63) is 35.4 Å². The first-order chi connectivity index (χ1) is 8.75. The maximum Gasteiger partial charge on any atom is 0.0328 e. The average Bonchev–Trinajstić information content (AvgIpc) is 2.86. The first-order valence-corrected chi connectivity index (χ1v) is 7.24. The summed E-state index contributed by atoms with van der Waals surface area (Å²) in [6, 6.07) is 8.87. The van der Waals surface area contributed by atoms with Crippen molar-refractivity contribution in [3.63, 3.8) is 0 Å². The van der Waals surface area contributed by atoms with Crippen molar-refractivity contribution in [2.75, 3.05) is 20.1 Å². The number of hydrogen-bond donors (Lipinski definition) is 1. The van der Waals surface area contributed by atoms with E-state index < -0.39 is 0 Å². The Morgan fingerprint density at radius 1 is 1.28 bits per heavy atom. The van der Waals surface area contributed by atoms with E-state index in [9.17, 15) is 0 Å². The highest BCUT2D eigenvalue weighted by Gasteiger charge is 2.38. The number of nitrogens with zero attached hydrogens (tertiary/aromatic N) is 1. The second-order valence-electron chi connectivity index (χ2n) is 6.12. The van der Waals surface area contributed by atoms with Gasteiger partial charge in [0.2, 0.25) is 0 Å². The van der Waals surface area contributed by atoms with Gasteiger partial charge in [-0.05, 0) is 37.4 Å². The van der Waals surface area contributed by atoms with Gasteiger partial charge in [0.1, 0.15) is 0 Å². The van der Waals surface area contributed by atoms with Gasteiger partial charge in [-0.1, -0.05) is 37.1 Å². The molecule has 1 fully saturated rings. The lowest BCUT2D eigenvalue weighted by Crippen LogP contribution is -2.52. The molecule has 0 saturated heterocycles. The molecule has 2 N–H and O–H groups in total. The van der Waals surface area contributed by atoms with E-state index in [0.717, 1.165) is 12.5 Å². The van der Waals surface area contributed by atoms with Crippen molar-refractivity contribution >= 4 is 0 Å². The van der Waals surface area contributed by atoms with E-state index in [1.807, 2.05) is 0 Å². The van der Waals surface area contributed by atoms with Gasteiger partial charge >= 0.3 is 0 Å². The zero-order valence-electron chi connectivity index (χ0n) is 11.4. The van der Waals surface area contributed by atoms with Crippen molar-refractivity contribution in [2.24, 2.45) is 5.73 Å². The maximum atomic E-state index is 6.06. The van der Waals surface area contributed by atoms with Gasteiger partial charge in [-0.25, -0.2) is 0 Å². The molecule has 3 rings (SSSR count). The molecule has 0 bridgehead atoms. The molecule has 1 atom stereocenters. The number of nitrogens with two attached hydrogens (primary N) is 1. The monoisotopic (exact) mass is 244 g/mol. The Labute approximate surface area is 110 Å². The van der Waals surface area contributed by atoms with Gasteiger partial charge in [0.25, 0.3) is 0 Å². The Kier molecular flexibility index (Phi) is 3.16. The highest BCUT2D eigenvalue weighted by Crippen LogP contribution is 2.39. The molecule has 0 radical (unpaired) electrons. The molecule has 0 heterocycles. The van der Waals surface area contributed by atoms with Crippen molar-refractivity contribution in [1.29, 1.82) is 0 Å². The predicted molar refractivity (Wildman–Crippen MR) is 75.8 cm³/mol. The molecule has 0 amide bonds. The van der Waals surface area contributed by atoms with Gasteiger partial charge in [-0.2, -0.15) is 0 Å². The molecule has 0 aliphatic heterocycles. The van der Waals surface area contributed by atoms with Crippen LogP contribution in [-0.4, -0.2) is 30.6 Å². The lowest BCUT2D eigenvalue weighted by atomic mass is 9.76. The van der Waals surface area contributed by atoms with Crippen LogP contribution in [0.25, 0.3) is 0 Å². The second-order valence-corrected chi connectivity index (χ2v) is 6.12. The average molecular weight is 244 g/mol. The fourth-order valence-corrected chi connectivity index (χ4v) is 3.82. The molecule has 18 heavy (non-hydrogen) atoms.